The number of hydrogen-bond acceptors (Lipinski definition) is 4. The topological polar surface area (TPSA) is 86.0 Å². The van der Waals surface area contributed by atoms with Crippen LogP contribution in [0, 0.1) is 0 Å². The fourth-order valence-corrected chi connectivity index (χ4v) is 3.08. The third-order valence-electron chi connectivity index (χ3n) is 4.42. The summed E-state index contributed by atoms with van der Waals surface area (Å²) in [5.41, 5.74) is -2.99. The van der Waals surface area contributed by atoms with E-state index in [1.54, 1.807) is 38.1 Å². The first-order valence-electron chi connectivity index (χ1n) is 9.45. The molecule has 1 N–H and O–H groups in total. The maximum atomic E-state index is 13.1. The van der Waals surface area contributed by atoms with Crippen LogP contribution in [0.2, 0.25) is 5.02 Å². The molecule has 168 valence electrons. The second-order valence-electron chi connectivity index (χ2n) is 7.20. The zero-order chi connectivity index (χ0) is 23.6. The molecular weight excluding hydrogens is 449 g/mol. The van der Waals surface area contributed by atoms with Gasteiger partial charge in [-0.25, -0.2) is 4.79 Å². The molecule has 0 saturated carbocycles. The number of carbonyl (C=O) groups is 1. The van der Waals surface area contributed by atoms with Crippen LogP contribution in [-0.4, -0.2) is 26.3 Å². The average Bonchev–Trinajstić information content (AvgIpc) is 2.71. The molecule has 3 rings (SSSR count). The number of alkyl halides is 3. The highest BCUT2D eigenvalue weighted by atomic mass is 35.5. The van der Waals surface area contributed by atoms with Crippen LogP contribution in [0.15, 0.2) is 58.1 Å². The Bertz CT molecular complexity index is 1270. The molecule has 0 fully saturated rings. The van der Waals surface area contributed by atoms with Crippen molar-refractivity contribution in [3.8, 4) is 5.69 Å². The van der Waals surface area contributed by atoms with Crippen LogP contribution >= 0.6 is 11.6 Å². The van der Waals surface area contributed by atoms with Gasteiger partial charge in [-0.2, -0.15) is 23.0 Å². The van der Waals surface area contributed by atoms with Gasteiger partial charge in [0.05, 0.1) is 17.8 Å². The quantitative estimate of drug-likeness (QED) is 0.625. The molecule has 0 saturated heterocycles. The normalized spacial score (nSPS) is 11.6. The highest BCUT2D eigenvalue weighted by molar-refractivity contribution is 6.31. The van der Waals surface area contributed by atoms with Gasteiger partial charge in [-0.05, 0) is 49.7 Å². The lowest BCUT2D eigenvalue weighted by Crippen LogP contribution is -2.46. The molecule has 0 atom stereocenters. The van der Waals surface area contributed by atoms with Crippen LogP contribution in [0.25, 0.3) is 5.69 Å². The maximum Gasteiger partial charge on any atom is 0.416 e. The zero-order valence-corrected chi connectivity index (χ0v) is 17.7. The van der Waals surface area contributed by atoms with Gasteiger partial charge in [0, 0.05) is 11.1 Å². The Balaban J connectivity index is 2.20. The van der Waals surface area contributed by atoms with Gasteiger partial charge in [-0.1, -0.05) is 29.8 Å². The summed E-state index contributed by atoms with van der Waals surface area (Å²) in [5.74, 6) is -0.821. The number of nitrogens with zero attached hydrogens (tertiary/aromatic N) is 3. The number of nitrogens with one attached hydrogen (secondary N) is 1. The number of aromatic nitrogens is 3. The molecule has 0 aliphatic carbocycles. The summed E-state index contributed by atoms with van der Waals surface area (Å²) in [7, 11) is 0. The van der Waals surface area contributed by atoms with E-state index in [2.05, 4.69) is 10.4 Å². The van der Waals surface area contributed by atoms with Gasteiger partial charge in [-0.15, -0.1) is 0 Å². The van der Waals surface area contributed by atoms with Gasteiger partial charge in [0.15, 0.2) is 0 Å². The van der Waals surface area contributed by atoms with Crippen LogP contribution in [0.5, 0.6) is 0 Å². The highest BCUT2D eigenvalue weighted by Gasteiger charge is 2.30. The summed E-state index contributed by atoms with van der Waals surface area (Å²) in [6.45, 7) is 3.08. The number of carbonyl (C=O) groups excluding carboxylic acids is 1. The molecule has 1 amide bonds. The molecule has 2 aromatic carbocycles. The Morgan fingerprint density at radius 2 is 1.72 bits per heavy atom. The summed E-state index contributed by atoms with van der Waals surface area (Å²) in [5, 5.41) is 6.68. The molecule has 7 nitrogen and oxygen atoms in total. The lowest BCUT2D eigenvalue weighted by molar-refractivity contribution is -0.137. The Kier molecular flexibility index (Phi) is 6.54. The zero-order valence-electron chi connectivity index (χ0n) is 17.0. The molecule has 1 aromatic heterocycles. The largest absolute Gasteiger partial charge is 0.416 e. The minimum Gasteiger partial charge on any atom is -0.348 e. The van der Waals surface area contributed by atoms with Crippen molar-refractivity contribution in [3.63, 3.8) is 0 Å². The summed E-state index contributed by atoms with van der Waals surface area (Å²) < 4.78 is 40.2. The van der Waals surface area contributed by atoms with Crippen LogP contribution in [0.4, 0.5) is 13.2 Å². The average molecular weight is 467 g/mol. The van der Waals surface area contributed by atoms with E-state index in [0.717, 1.165) is 28.8 Å². The van der Waals surface area contributed by atoms with Gasteiger partial charge in [0.1, 0.15) is 0 Å². The third-order valence-corrected chi connectivity index (χ3v) is 4.79. The van der Waals surface area contributed by atoms with E-state index >= 15 is 0 Å². The highest BCUT2D eigenvalue weighted by Crippen LogP contribution is 2.29. The van der Waals surface area contributed by atoms with E-state index in [0.29, 0.717) is 15.3 Å². The molecule has 0 unspecified atom stereocenters. The lowest BCUT2D eigenvalue weighted by Gasteiger charge is -2.14. The fraction of sp³-hybridized carbons (Fsp3) is 0.238. The van der Waals surface area contributed by atoms with Crippen molar-refractivity contribution >= 4 is 17.5 Å². The molecule has 0 radical (unpaired) electrons. The van der Waals surface area contributed by atoms with Crippen molar-refractivity contribution in [1.82, 2.24) is 19.7 Å². The van der Waals surface area contributed by atoms with E-state index in [4.69, 9.17) is 11.6 Å². The summed E-state index contributed by atoms with van der Waals surface area (Å²) >= 11 is 6.14. The van der Waals surface area contributed by atoms with Gasteiger partial charge >= 0.3 is 11.9 Å². The van der Waals surface area contributed by atoms with E-state index in [1.165, 1.54) is 0 Å². The molecule has 32 heavy (non-hydrogen) atoms. The maximum absolute atomic E-state index is 13.1. The second kappa shape index (κ2) is 8.99. The number of rotatable bonds is 5. The Hall–Kier alpha value is -3.40. The van der Waals surface area contributed by atoms with E-state index in [9.17, 15) is 27.6 Å². The molecule has 0 aliphatic heterocycles. The predicted molar refractivity (Wildman–Crippen MR) is 112 cm³/mol. The standard InChI is InChI=1S/C21H18ClF3N4O3/c1-12(2)26-18(30)17-19(31)28(11-13-5-3-4-6-16(13)22)20(32)29(27-17)15-9-7-14(8-10-15)21(23,24)25/h3-10,12H,11H2,1-2H3,(H,26,30). The van der Waals surface area contributed by atoms with Crippen molar-refractivity contribution in [3.05, 3.63) is 91.2 Å². The summed E-state index contributed by atoms with van der Waals surface area (Å²) in [6.07, 6.45) is -4.57. The summed E-state index contributed by atoms with van der Waals surface area (Å²) in [4.78, 5) is 38.5. The number of hydrogen-bond donors (Lipinski definition) is 1. The van der Waals surface area contributed by atoms with Crippen molar-refractivity contribution < 1.29 is 18.0 Å². The Morgan fingerprint density at radius 1 is 1.09 bits per heavy atom. The van der Waals surface area contributed by atoms with E-state index < -0.39 is 34.6 Å². The SMILES string of the molecule is CC(C)NC(=O)c1nn(-c2ccc(C(F)(F)F)cc2)c(=O)n(Cc2ccccc2Cl)c1=O. The number of benzene rings is 2. The van der Waals surface area contributed by atoms with Crippen LogP contribution in [0.3, 0.4) is 0 Å². The monoisotopic (exact) mass is 466 g/mol. The first-order chi connectivity index (χ1) is 15.0. The van der Waals surface area contributed by atoms with Crippen LogP contribution in [0.1, 0.15) is 35.5 Å². The van der Waals surface area contributed by atoms with Crippen molar-refractivity contribution in [2.24, 2.45) is 0 Å². The minimum atomic E-state index is -4.57. The molecule has 3 aromatic rings. The van der Waals surface area contributed by atoms with Crippen LogP contribution in [-0.2, 0) is 12.7 Å². The first-order valence-corrected chi connectivity index (χ1v) is 9.83. The lowest BCUT2D eigenvalue weighted by atomic mass is 10.2. The molecule has 11 heteroatoms. The van der Waals surface area contributed by atoms with Gasteiger partial charge in [0.2, 0.25) is 5.69 Å². The van der Waals surface area contributed by atoms with E-state index in [-0.39, 0.29) is 18.3 Å². The van der Waals surface area contributed by atoms with Gasteiger partial charge in [0.25, 0.3) is 11.5 Å². The molecule has 0 aliphatic rings. The molecule has 1 heterocycles. The first kappa shape index (κ1) is 23.3. The second-order valence-corrected chi connectivity index (χ2v) is 7.61. The van der Waals surface area contributed by atoms with Crippen molar-refractivity contribution in [2.45, 2.75) is 32.6 Å². The summed E-state index contributed by atoms with van der Waals surface area (Å²) in [6, 6.07) is 9.80. The molecular formula is C21H18ClF3N4O3. The van der Waals surface area contributed by atoms with Crippen molar-refractivity contribution in [2.75, 3.05) is 0 Å². The molecule has 0 bridgehead atoms. The Morgan fingerprint density at radius 3 is 2.28 bits per heavy atom. The Labute approximate surface area is 185 Å². The van der Waals surface area contributed by atoms with Gasteiger partial charge in [-0.3, -0.25) is 14.2 Å². The van der Waals surface area contributed by atoms with E-state index in [1.807, 2.05) is 0 Å². The fourth-order valence-electron chi connectivity index (χ4n) is 2.88. The van der Waals surface area contributed by atoms with Crippen molar-refractivity contribution in [1.29, 1.82) is 0 Å². The number of halogens is 4. The molecule has 0 spiro atoms. The number of amides is 1. The third kappa shape index (κ3) is 4.91. The minimum absolute atomic E-state index is 0.0468. The predicted octanol–water partition coefficient (Wildman–Crippen LogP) is 3.25. The van der Waals surface area contributed by atoms with Gasteiger partial charge < -0.3 is 5.32 Å². The smallest absolute Gasteiger partial charge is 0.348 e. The van der Waals surface area contributed by atoms with Crippen LogP contribution < -0.4 is 16.6 Å².